The fourth-order valence-electron chi connectivity index (χ4n) is 2.62. The van der Waals surface area contributed by atoms with Crippen LogP contribution in [0.1, 0.15) is 17.2 Å². The van der Waals surface area contributed by atoms with Crippen molar-refractivity contribution in [2.75, 3.05) is 20.3 Å². The Labute approximate surface area is 133 Å². The smallest absolute Gasteiger partial charge is 0.166 e. The highest BCUT2D eigenvalue weighted by Gasteiger charge is 2.21. The highest BCUT2D eigenvalue weighted by atomic mass is 79.9. The third-order valence-corrected chi connectivity index (χ3v) is 4.48. The summed E-state index contributed by atoms with van der Waals surface area (Å²) >= 11 is 3.62. The van der Waals surface area contributed by atoms with E-state index in [-0.39, 0.29) is 6.04 Å². The van der Waals surface area contributed by atoms with Crippen LogP contribution < -0.4 is 14.8 Å². The van der Waals surface area contributed by atoms with Gasteiger partial charge >= 0.3 is 0 Å². The highest BCUT2D eigenvalue weighted by molar-refractivity contribution is 9.10. The number of rotatable bonds is 4. The molecule has 0 radical (unpaired) electrons. The van der Waals surface area contributed by atoms with Crippen LogP contribution in [0.4, 0.5) is 0 Å². The number of fused-ring (bicyclic) bond motifs is 1. The Balaban J connectivity index is 1.92. The summed E-state index contributed by atoms with van der Waals surface area (Å²) in [5.74, 6) is 1.71. The molecule has 1 aliphatic heterocycles. The topological polar surface area (TPSA) is 30.5 Å². The minimum Gasteiger partial charge on any atom is -0.486 e. The average Bonchev–Trinajstić information content (AvgIpc) is 2.54. The lowest BCUT2D eigenvalue weighted by Gasteiger charge is -2.25. The average molecular weight is 348 g/mol. The molecule has 0 saturated carbocycles. The van der Waals surface area contributed by atoms with Crippen LogP contribution >= 0.6 is 15.9 Å². The molecule has 0 bridgehead atoms. The second-order valence-corrected chi connectivity index (χ2v) is 5.86. The zero-order valence-corrected chi connectivity index (χ0v) is 13.5. The molecule has 1 aliphatic rings. The minimum absolute atomic E-state index is 0.181. The van der Waals surface area contributed by atoms with Crippen molar-refractivity contribution in [1.29, 1.82) is 0 Å². The molecule has 2 aromatic rings. The summed E-state index contributed by atoms with van der Waals surface area (Å²) in [7, 11) is 1.98. The van der Waals surface area contributed by atoms with Crippen LogP contribution in [0.25, 0.3) is 0 Å². The molecule has 21 heavy (non-hydrogen) atoms. The van der Waals surface area contributed by atoms with E-state index in [1.165, 1.54) is 5.56 Å². The first kappa shape index (κ1) is 14.4. The lowest BCUT2D eigenvalue weighted by molar-refractivity contribution is 0.168. The SMILES string of the molecule is CNC(Cc1ccccc1Br)c1cccc2c1OCCO2. The molecule has 0 aromatic heterocycles. The number of halogens is 1. The molecule has 3 nitrogen and oxygen atoms in total. The fraction of sp³-hybridized carbons (Fsp3) is 0.294. The van der Waals surface area contributed by atoms with Gasteiger partial charge in [0.2, 0.25) is 0 Å². The summed E-state index contributed by atoms with van der Waals surface area (Å²) in [5, 5.41) is 3.39. The van der Waals surface area contributed by atoms with Gasteiger partial charge in [0, 0.05) is 16.1 Å². The van der Waals surface area contributed by atoms with Crippen molar-refractivity contribution in [3.63, 3.8) is 0 Å². The molecular weight excluding hydrogens is 330 g/mol. The number of hydrogen-bond acceptors (Lipinski definition) is 3. The Bertz CT molecular complexity index is 630. The Hall–Kier alpha value is -1.52. The van der Waals surface area contributed by atoms with Gasteiger partial charge in [-0.25, -0.2) is 0 Å². The van der Waals surface area contributed by atoms with Gasteiger partial charge < -0.3 is 14.8 Å². The molecule has 1 heterocycles. The minimum atomic E-state index is 0.181. The normalized spacial score (nSPS) is 14.8. The molecule has 0 amide bonds. The maximum absolute atomic E-state index is 5.83. The maximum atomic E-state index is 5.83. The van der Waals surface area contributed by atoms with Crippen LogP contribution in [0.3, 0.4) is 0 Å². The fourth-order valence-corrected chi connectivity index (χ4v) is 3.07. The van der Waals surface area contributed by atoms with Gasteiger partial charge in [0.15, 0.2) is 11.5 Å². The van der Waals surface area contributed by atoms with Crippen molar-refractivity contribution < 1.29 is 9.47 Å². The molecule has 0 aliphatic carbocycles. The Morgan fingerprint density at radius 1 is 1.10 bits per heavy atom. The third-order valence-electron chi connectivity index (χ3n) is 3.70. The molecular formula is C17H18BrNO2. The summed E-state index contributed by atoms with van der Waals surface area (Å²) in [6.07, 6.45) is 0.887. The quantitative estimate of drug-likeness (QED) is 0.914. The maximum Gasteiger partial charge on any atom is 0.166 e. The molecule has 0 saturated heterocycles. The van der Waals surface area contributed by atoms with E-state index >= 15 is 0 Å². The van der Waals surface area contributed by atoms with E-state index in [4.69, 9.17) is 9.47 Å². The van der Waals surface area contributed by atoms with Gasteiger partial charge in [-0.15, -0.1) is 0 Å². The van der Waals surface area contributed by atoms with E-state index in [0.29, 0.717) is 13.2 Å². The zero-order valence-electron chi connectivity index (χ0n) is 11.9. The first-order chi connectivity index (χ1) is 10.3. The summed E-state index contributed by atoms with van der Waals surface area (Å²) in [4.78, 5) is 0. The molecule has 110 valence electrons. The van der Waals surface area contributed by atoms with Gasteiger partial charge in [-0.05, 0) is 31.2 Å². The second kappa shape index (κ2) is 6.50. The molecule has 1 atom stereocenters. The van der Waals surface area contributed by atoms with Crippen LogP contribution in [-0.2, 0) is 6.42 Å². The Morgan fingerprint density at radius 3 is 2.71 bits per heavy atom. The first-order valence-electron chi connectivity index (χ1n) is 7.09. The van der Waals surface area contributed by atoms with Gasteiger partial charge in [0.25, 0.3) is 0 Å². The predicted molar refractivity (Wildman–Crippen MR) is 87.1 cm³/mol. The number of benzene rings is 2. The van der Waals surface area contributed by atoms with Gasteiger partial charge in [-0.2, -0.15) is 0 Å². The number of nitrogens with one attached hydrogen (secondary N) is 1. The second-order valence-electron chi connectivity index (χ2n) is 5.01. The van der Waals surface area contributed by atoms with Crippen LogP contribution in [0.2, 0.25) is 0 Å². The van der Waals surface area contributed by atoms with E-state index in [1.54, 1.807) is 0 Å². The molecule has 1 unspecified atom stereocenters. The first-order valence-corrected chi connectivity index (χ1v) is 7.88. The summed E-state index contributed by atoms with van der Waals surface area (Å²) in [6.45, 7) is 1.22. The largest absolute Gasteiger partial charge is 0.486 e. The van der Waals surface area contributed by atoms with Crippen molar-refractivity contribution >= 4 is 15.9 Å². The van der Waals surface area contributed by atoms with E-state index < -0.39 is 0 Å². The van der Waals surface area contributed by atoms with Crippen molar-refractivity contribution in [3.05, 3.63) is 58.1 Å². The van der Waals surface area contributed by atoms with Gasteiger partial charge in [0.1, 0.15) is 13.2 Å². The highest BCUT2D eigenvalue weighted by Crippen LogP contribution is 2.38. The summed E-state index contributed by atoms with van der Waals surface area (Å²) < 4.78 is 12.6. The molecule has 4 heteroatoms. The van der Waals surface area contributed by atoms with Gasteiger partial charge in [-0.1, -0.05) is 46.3 Å². The lowest BCUT2D eigenvalue weighted by Crippen LogP contribution is -2.23. The summed E-state index contributed by atoms with van der Waals surface area (Å²) in [5.41, 5.74) is 2.41. The van der Waals surface area contributed by atoms with Gasteiger partial charge in [-0.3, -0.25) is 0 Å². The number of para-hydroxylation sites is 1. The van der Waals surface area contributed by atoms with Crippen LogP contribution in [0, 0.1) is 0 Å². The number of ether oxygens (including phenoxy) is 2. The Morgan fingerprint density at radius 2 is 1.90 bits per heavy atom. The van der Waals surface area contributed by atoms with Crippen molar-refractivity contribution in [2.24, 2.45) is 0 Å². The zero-order chi connectivity index (χ0) is 14.7. The molecule has 0 fully saturated rings. The van der Waals surface area contributed by atoms with E-state index in [2.05, 4.69) is 45.5 Å². The van der Waals surface area contributed by atoms with Gasteiger partial charge in [0.05, 0.1) is 0 Å². The molecule has 3 rings (SSSR count). The van der Waals surface area contributed by atoms with E-state index in [0.717, 1.165) is 28.0 Å². The van der Waals surface area contributed by atoms with Crippen LogP contribution in [-0.4, -0.2) is 20.3 Å². The van der Waals surface area contributed by atoms with Crippen LogP contribution in [0.5, 0.6) is 11.5 Å². The monoisotopic (exact) mass is 347 g/mol. The molecule has 1 N–H and O–H groups in total. The summed E-state index contributed by atoms with van der Waals surface area (Å²) in [6, 6.07) is 14.6. The number of hydrogen-bond donors (Lipinski definition) is 1. The molecule has 0 spiro atoms. The lowest BCUT2D eigenvalue weighted by atomic mass is 9.97. The van der Waals surface area contributed by atoms with Crippen LogP contribution in [0.15, 0.2) is 46.9 Å². The number of likely N-dealkylation sites (N-methyl/N-ethyl adjacent to an activating group) is 1. The van der Waals surface area contributed by atoms with Crippen molar-refractivity contribution in [1.82, 2.24) is 5.32 Å². The third kappa shape index (κ3) is 3.06. The van der Waals surface area contributed by atoms with Crippen molar-refractivity contribution in [3.8, 4) is 11.5 Å². The molecule has 2 aromatic carbocycles. The predicted octanol–water partition coefficient (Wildman–Crippen LogP) is 3.72. The van der Waals surface area contributed by atoms with E-state index in [9.17, 15) is 0 Å². The van der Waals surface area contributed by atoms with Crippen molar-refractivity contribution in [2.45, 2.75) is 12.5 Å². The standard InChI is InChI=1S/C17H18BrNO2/c1-19-15(11-12-5-2-3-7-14(12)18)13-6-4-8-16-17(13)21-10-9-20-16/h2-8,15,19H,9-11H2,1H3. The van der Waals surface area contributed by atoms with E-state index in [1.807, 2.05) is 25.2 Å². The Kier molecular flexibility index (Phi) is 4.46.